The van der Waals surface area contributed by atoms with Crippen LogP contribution in [0.3, 0.4) is 0 Å². The SMILES string of the molecule is Cc1ccc(C(=O)Nc2cccc(NC(=O)C(C)C)c2)cc1S(=O)(=O)N1CCCCC1. The molecule has 1 fully saturated rings. The third-order valence-corrected chi connectivity index (χ3v) is 7.34. The first-order valence-electron chi connectivity index (χ1n) is 10.5. The van der Waals surface area contributed by atoms with Crippen LogP contribution in [-0.2, 0) is 14.8 Å². The first-order chi connectivity index (χ1) is 14.7. The van der Waals surface area contributed by atoms with Gasteiger partial charge in [-0.1, -0.05) is 32.4 Å². The van der Waals surface area contributed by atoms with Crippen molar-refractivity contribution in [1.82, 2.24) is 4.31 Å². The van der Waals surface area contributed by atoms with Gasteiger partial charge in [0.1, 0.15) is 0 Å². The number of carbonyl (C=O) groups excluding carboxylic acids is 2. The lowest BCUT2D eigenvalue weighted by molar-refractivity contribution is -0.118. The molecule has 0 aliphatic carbocycles. The lowest BCUT2D eigenvalue weighted by atomic mass is 10.1. The predicted molar refractivity (Wildman–Crippen MR) is 122 cm³/mol. The van der Waals surface area contributed by atoms with Gasteiger partial charge in [0.15, 0.2) is 0 Å². The van der Waals surface area contributed by atoms with Gasteiger partial charge in [0.05, 0.1) is 4.90 Å². The molecule has 0 spiro atoms. The molecule has 3 rings (SSSR count). The highest BCUT2D eigenvalue weighted by Crippen LogP contribution is 2.25. The first-order valence-corrected chi connectivity index (χ1v) is 12.0. The molecule has 2 aromatic carbocycles. The van der Waals surface area contributed by atoms with Gasteiger partial charge in [0.25, 0.3) is 5.91 Å². The standard InChI is InChI=1S/C23H29N3O4S/c1-16(2)22(27)24-19-8-7-9-20(15-19)25-23(28)18-11-10-17(3)21(14-18)31(29,30)26-12-5-4-6-13-26/h7-11,14-16H,4-6,12-13H2,1-3H3,(H,24,27)(H,25,28). The van der Waals surface area contributed by atoms with E-state index in [0.29, 0.717) is 30.0 Å². The van der Waals surface area contributed by atoms with Crippen molar-refractivity contribution in [3.63, 3.8) is 0 Å². The zero-order valence-corrected chi connectivity index (χ0v) is 19.0. The number of sulfonamides is 1. The Labute approximate surface area is 183 Å². The highest BCUT2D eigenvalue weighted by Gasteiger charge is 2.28. The summed E-state index contributed by atoms with van der Waals surface area (Å²) in [6, 6.07) is 11.6. The van der Waals surface area contributed by atoms with Crippen LogP contribution in [0.1, 0.15) is 49.0 Å². The molecular weight excluding hydrogens is 414 g/mol. The number of nitrogens with one attached hydrogen (secondary N) is 2. The van der Waals surface area contributed by atoms with Crippen LogP contribution < -0.4 is 10.6 Å². The molecule has 1 saturated heterocycles. The Morgan fingerprint density at radius 3 is 2.23 bits per heavy atom. The van der Waals surface area contributed by atoms with E-state index in [0.717, 1.165) is 19.3 Å². The minimum Gasteiger partial charge on any atom is -0.326 e. The Morgan fingerprint density at radius 2 is 1.58 bits per heavy atom. The van der Waals surface area contributed by atoms with E-state index in [4.69, 9.17) is 0 Å². The van der Waals surface area contributed by atoms with Crippen LogP contribution in [0.25, 0.3) is 0 Å². The summed E-state index contributed by atoms with van der Waals surface area (Å²) in [5.41, 5.74) is 1.96. The lowest BCUT2D eigenvalue weighted by Gasteiger charge is -2.26. The number of aryl methyl sites for hydroxylation is 1. The van der Waals surface area contributed by atoms with Gasteiger partial charge in [-0.2, -0.15) is 4.31 Å². The van der Waals surface area contributed by atoms with Gasteiger partial charge in [-0.15, -0.1) is 0 Å². The largest absolute Gasteiger partial charge is 0.326 e. The number of hydrogen-bond donors (Lipinski definition) is 2. The lowest BCUT2D eigenvalue weighted by Crippen LogP contribution is -2.36. The van der Waals surface area contributed by atoms with E-state index < -0.39 is 15.9 Å². The Balaban J connectivity index is 1.80. The topological polar surface area (TPSA) is 95.6 Å². The van der Waals surface area contributed by atoms with Crippen molar-refractivity contribution in [1.29, 1.82) is 0 Å². The van der Waals surface area contributed by atoms with Crippen LogP contribution in [0, 0.1) is 12.8 Å². The van der Waals surface area contributed by atoms with Crippen molar-refractivity contribution < 1.29 is 18.0 Å². The Morgan fingerprint density at radius 1 is 0.935 bits per heavy atom. The van der Waals surface area contributed by atoms with Gasteiger partial charge in [-0.05, 0) is 55.7 Å². The van der Waals surface area contributed by atoms with E-state index in [-0.39, 0.29) is 22.3 Å². The summed E-state index contributed by atoms with van der Waals surface area (Å²) in [6.07, 6.45) is 2.73. The van der Waals surface area contributed by atoms with E-state index in [9.17, 15) is 18.0 Å². The normalized spacial score (nSPS) is 15.0. The van der Waals surface area contributed by atoms with Crippen molar-refractivity contribution in [3.05, 3.63) is 53.6 Å². The van der Waals surface area contributed by atoms with Crippen molar-refractivity contribution in [3.8, 4) is 0 Å². The second-order valence-corrected chi connectivity index (χ2v) is 10.0. The van der Waals surface area contributed by atoms with E-state index in [1.54, 1.807) is 57.2 Å². The minimum atomic E-state index is -3.64. The molecule has 2 N–H and O–H groups in total. The first kappa shape index (κ1) is 23.0. The van der Waals surface area contributed by atoms with Gasteiger partial charge < -0.3 is 10.6 Å². The highest BCUT2D eigenvalue weighted by atomic mass is 32.2. The highest BCUT2D eigenvalue weighted by molar-refractivity contribution is 7.89. The van der Waals surface area contributed by atoms with Crippen LogP contribution >= 0.6 is 0 Å². The van der Waals surface area contributed by atoms with Crippen molar-refractivity contribution >= 4 is 33.2 Å². The van der Waals surface area contributed by atoms with Crippen molar-refractivity contribution in [2.75, 3.05) is 23.7 Å². The number of carbonyl (C=O) groups is 2. The molecule has 0 atom stereocenters. The van der Waals surface area contributed by atoms with Gasteiger partial charge in [-0.3, -0.25) is 9.59 Å². The van der Waals surface area contributed by atoms with Gasteiger partial charge in [-0.25, -0.2) is 8.42 Å². The maximum Gasteiger partial charge on any atom is 0.255 e. The number of amides is 2. The molecule has 8 heteroatoms. The number of rotatable bonds is 6. The van der Waals surface area contributed by atoms with Gasteiger partial charge >= 0.3 is 0 Å². The monoisotopic (exact) mass is 443 g/mol. The summed E-state index contributed by atoms with van der Waals surface area (Å²) >= 11 is 0. The maximum absolute atomic E-state index is 13.1. The third-order valence-electron chi connectivity index (χ3n) is 5.30. The molecule has 7 nitrogen and oxygen atoms in total. The molecule has 0 saturated carbocycles. The molecule has 1 heterocycles. The van der Waals surface area contributed by atoms with Gasteiger partial charge in [0.2, 0.25) is 15.9 Å². The molecule has 31 heavy (non-hydrogen) atoms. The molecule has 0 unspecified atom stereocenters. The average Bonchev–Trinajstić information content (AvgIpc) is 2.74. The molecule has 2 aromatic rings. The van der Waals surface area contributed by atoms with E-state index >= 15 is 0 Å². The van der Waals surface area contributed by atoms with E-state index in [1.165, 1.54) is 10.4 Å². The van der Waals surface area contributed by atoms with Crippen molar-refractivity contribution in [2.24, 2.45) is 5.92 Å². The van der Waals surface area contributed by atoms with Crippen molar-refractivity contribution in [2.45, 2.75) is 44.9 Å². The molecule has 0 radical (unpaired) electrons. The van der Waals surface area contributed by atoms with E-state index in [2.05, 4.69) is 10.6 Å². The van der Waals surface area contributed by atoms with Crippen LogP contribution in [0.15, 0.2) is 47.4 Å². The zero-order valence-electron chi connectivity index (χ0n) is 18.1. The third kappa shape index (κ3) is 5.51. The summed E-state index contributed by atoms with van der Waals surface area (Å²) in [7, 11) is -3.64. The van der Waals surface area contributed by atoms with Crippen LogP contribution in [0.4, 0.5) is 11.4 Å². The summed E-state index contributed by atoms with van der Waals surface area (Å²) in [6.45, 7) is 6.35. The van der Waals surface area contributed by atoms with Gasteiger partial charge in [0, 0.05) is 35.9 Å². The minimum absolute atomic E-state index is 0.116. The number of piperidine rings is 1. The molecule has 0 aromatic heterocycles. The quantitative estimate of drug-likeness (QED) is 0.705. The Hall–Kier alpha value is -2.71. The molecule has 1 aliphatic heterocycles. The molecular formula is C23H29N3O4S. The summed E-state index contributed by atoms with van der Waals surface area (Å²) in [5.74, 6) is -0.692. The summed E-state index contributed by atoms with van der Waals surface area (Å²) in [4.78, 5) is 24.9. The Kier molecular flexibility index (Phi) is 7.12. The van der Waals surface area contributed by atoms with Crippen LogP contribution in [0.2, 0.25) is 0 Å². The van der Waals surface area contributed by atoms with Crippen LogP contribution in [-0.4, -0.2) is 37.6 Å². The van der Waals surface area contributed by atoms with E-state index in [1.807, 2.05) is 0 Å². The molecule has 166 valence electrons. The van der Waals surface area contributed by atoms with Crippen LogP contribution in [0.5, 0.6) is 0 Å². The number of anilines is 2. The smallest absolute Gasteiger partial charge is 0.255 e. The zero-order chi connectivity index (χ0) is 22.6. The average molecular weight is 444 g/mol. The second-order valence-electron chi connectivity index (χ2n) is 8.12. The summed E-state index contributed by atoms with van der Waals surface area (Å²) in [5, 5.41) is 5.57. The molecule has 1 aliphatic rings. The number of hydrogen-bond acceptors (Lipinski definition) is 4. The fraction of sp³-hybridized carbons (Fsp3) is 0.391. The fourth-order valence-electron chi connectivity index (χ4n) is 3.43. The number of nitrogens with zero attached hydrogens (tertiary/aromatic N) is 1. The maximum atomic E-state index is 13.1. The fourth-order valence-corrected chi connectivity index (χ4v) is 5.20. The molecule has 2 amide bonds. The summed E-state index contributed by atoms with van der Waals surface area (Å²) < 4.78 is 27.7. The second kappa shape index (κ2) is 9.62. The number of benzene rings is 2. The molecule has 0 bridgehead atoms. The predicted octanol–water partition coefficient (Wildman–Crippen LogP) is 4.02. The Bertz CT molecular complexity index is 1070.